The van der Waals surface area contributed by atoms with E-state index < -0.39 is 0 Å². The summed E-state index contributed by atoms with van der Waals surface area (Å²) in [6.07, 6.45) is 3.49. The molecule has 0 bridgehead atoms. The second kappa shape index (κ2) is 5.85. The van der Waals surface area contributed by atoms with Crippen molar-refractivity contribution in [2.45, 2.75) is 0 Å². The Morgan fingerprint density at radius 1 is 1.25 bits per heavy atom. The number of nitrogens with zero attached hydrogens (tertiary/aromatic N) is 1. The summed E-state index contributed by atoms with van der Waals surface area (Å²) < 4.78 is 0. The van der Waals surface area contributed by atoms with Crippen LogP contribution in [0.2, 0.25) is 0 Å². The van der Waals surface area contributed by atoms with E-state index >= 15 is 0 Å². The Morgan fingerprint density at radius 2 is 1.67 bits per heavy atom. The van der Waals surface area contributed by atoms with Gasteiger partial charge in [0.05, 0.1) is 0 Å². The summed E-state index contributed by atoms with van der Waals surface area (Å²) in [7, 11) is 0. The van der Waals surface area contributed by atoms with E-state index in [9.17, 15) is 0 Å². The molecule has 0 aliphatic heterocycles. The molecule has 0 radical (unpaired) electrons. The van der Waals surface area contributed by atoms with Crippen molar-refractivity contribution in [3.05, 3.63) is 25.3 Å². The zero-order valence-electron chi connectivity index (χ0n) is 6.82. The average Bonchev–Trinajstić information content (AvgIpc) is 2.03. The zero-order valence-corrected chi connectivity index (χ0v) is 8.46. The molecule has 0 aromatic carbocycles. The van der Waals surface area contributed by atoms with Crippen LogP contribution in [0.5, 0.6) is 0 Å². The SMILES string of the molecule is C=CCN(CC=C)C(=S)C(N)=S. The third-order valence-corrected chi connectivity index (χ3v) is 2.00. The number of hydrogen-bond acceptors (Lipinski definition) is 2. The van der Waals surface area contributed by atoms with E-state index in [0.29, 0.717) is 18.1 Å². The van der Waals surface area contributed by atoms with E-state index in [2.05, 4.69) is 13.2 Å². The number of nitrogens with two attached hydrogens (primary N) is 1. The van der Waals surface area contributed by atoms with Crippen molar-refractivity contribution < 1.29 is 0 Å². The number of rotatable bonds is 4. The lowest BCUT2D eigenvalue weighted by atomic mass is 10.4. The third-order valence-electron chi connectivity index (χ3n) is 1.20. The Morgan fingerprint density at radius 3 is 1.92 bits per heavy atom. The van der Waals surface area contributed by atoms with Crippen molar-refractivity contribution in [1.82, 2.24) is 4.90 Å². The molecule has 0 fully saturated rings. The van der Waals surface area contributed by atoms with Crippen LogP contribution in [0.4, 0.5) is 0 Å². The van der Waals surface area contributed by atoms with Gasteiger partial charge in [0.15, 0.2) is 0 Å². The Hall–Kier alpha value is -0.740. The quantitative estimate of drug-likeness (QED) is 0.547. The highest BCUT2D eigenvalue weighted by molar-refractivity contribution is 7.89. The first kappa shape index (κ1) is 11.3. The van der Waals surface area contributed by atoms with Crippen LogP contribution < -0.4 is 5.73 Å². The molecule has 0 unspecified atom stereocenters. The minimum atomic E-state index is 0.244. The second-order valence-electron chi connectivity index (χ2n) is 2.15. The van der Waals surface area contributed by atoms with E-state index in [0.717, 1.165) is 0 Å². The molecule has 2 N–H and O–H groups in total. The summed E-state index contributed by atoms with van der Waals surface area (Å²) >= 11 is 9.74. The second-order valence-corrected chi connectivity index (χ2v) is 2.98. The van der Waals surface area contributed by atoms with Crippen LogP contribution >= 0.6 is 24.4 Å². The summed E-state index contributed by atoms with van der Waals surface area (Å²) in [4.78, 5) is 2.57. The maximum Gasteiger partial charge on any atom is 0.137 e. The Bertz CT molecular complexity index is 201. The monoisotopic (exact) mass is 200 g/mol. The van der Waals surface area contributed by atoms with Crippen LogP contribution in [0.25, 0.3) is 0 Å². The van der Waals surface area contributed by atoms with Gasteiger partial charge in [-0.2, -0.15) is 0 Å². The van der Waals surface area contributed by atoms with Crippen LogP contribution in [-0.2, 0) is 0 Å². The van der Waals surface area contributed by atoms with Gasteiger partial charge in [-0.1, -0.05) is 36.6 Å². The fraction of sp³-hybridized carbons (Fsp3) is 0.250. The number of hydrogen-bond donors (Lipinski definition) is 1. The van der Waals surface area contributed by atoms with E-state index in [4.69, 9.17) is 30.2 Å². The third kappa shape index (κ3) is 3.59. The van der Waals surface area contributed by atoms with Crippen molar-refractivity contribution in [3.63, 3.8) is 0 Å². The summed E-state index contributed by atoms with van der Waals surface area (Å²) in [5.41, 5.74) is 5.38. The Balaban J connectivity index is 4.26. The van der Waals surface area contributed by atoms with Gasteiger partial charge in [0.25, 0.3) is 0 Å². The van der Waals surface area contributed by atoms with Gasteiger partial charge < -0.3 is 10.6 Å². The van der Waals surface area contributed by atoms with Crippen LogP contribution in [0.3, 0.4) is 0 Å². The predicted molar refractivity (Wildman–Crippen MR) is 61.4 cm³/mol. The van der Waals surface area contributed by atoms with Crippen molar-refractivity contribution in [3.8, 4) is 0 Å². The summed E-state index contributed by atoms with van der Waals surface area (Å²) in [6.45, 7) is 8.49. The lowest BCUT2D eigenvalue weighted by molar-refractivity contribution is 0.529. The molecule has 0 atom stereocenters. The topological polar surface area (TPSA) is 29.3 Å². The number of thiocarbonyl (C=S) groups is 2. The Labute approximate surface area is 83.7 Å². The first-order valence-corrected chi connectivity index (χ1v) is 4.25. The molecule has 0 saturated heterocycles. The predicted octanol–water partition coefficient (Wildman–Crippen LogP) is 1.27. The highest BCUT2D eigenvalue weighted by Crippen LogP contribution is 1.93. The molecule has 4 heteroatoms. The zero-order chi connectivity index (χ0) is 9.56. The highest BCUT2D eigenvalue weighted by atomic mass is 32.1. The summed E-state index contributed by atoms with van der Waals surface area (Å²) in [5.74, 6) is 0. The Kier molecular flexibility index (Phi) is 5.49. The first-order chi connectivity index (χ1) is 5.63. The lowest BCUT2D eigenvalue weighted by Crippen LogP contribution is -2.38. The smallest absolute Gasteiger partial charge is 0.137 e. The molecular weight excluding hydrogens is 188 g/mol. The highest BCUT2D eigenvalue weighted by Gasteiger charge is 2.07. The van der Waals surface area contributed by atoms with Crippen molar-refractivity contribution in [1.29, 1.82) is 0 Å². The van der Waals surface area contributed by atoms with Crippen LogP contribution in [0.15, 0.2) is 25.3 Å². The van der Waals surface area contributed by atoms with Gasteiger partial charge in [0, 0.05) is 13.1 Å². The van der Waals surface area contributed by atoms with Crippen molar-refractivity contribution in [2.24, 2.45) is 5.73 Å². The van der Waals surface area contributed by atoms with Gasteiger partial charge in [-0.05, 0) is 0 Å². The molecule has 12 heavy (non-hydrogen) atoms. The average molecular weight is 200 g/mol. The van der Waals surface area contributed by atoms with Crippen LogP contribution in [0, 0.1) is 0 Å². The van der Waals surface area contributed by atoms with Crippen molar-refractivity contribution >= 4 is 34.4 Å². The molecule has 2 nitrogen and oxygen atoms in total. The van der Waals surface area contributed by atoms with Gasteiger partial charge in [-0.3, -0.25) is 0 Å². The molecule has 0 saturated carbocycles. The first-order valence-electron chi connectivity index (χ1n) is 3.44. The maximum atomic E-state index is 5.38. The molecule has 0 spiro atoms. The molecule has 0 aromatic rings. The lowest BCUT2D eigenvalue weighted by Gasteiger charge is -2.20. The minimum absolute atomic E-state index is 0.244. The van der Waals surface area contributed by atoms with Crippen LogP contribution in [0.1, 0.15) is 0 Å². The molecule has 0 aliphatic rings. The fourth-order valence-electron chi connectivity index (χ4n) is 0.708. The molecule has 0 aromatic heterocycles. The molecule has 0 heterocycles. The fourth-order valence-corrected chi connectivity index (χ4v) is 0.986. The van der Waals surface area contributed by atoms with E-state index in [-0.39, 0.29) is 4.99 Å². The molecule has 0 aliphatic carbocycles. The van der Waals surface area contributed by atoms with Gasteiger partial charge in [0.1, 0.15) is 9.98 Å². The van der Waals surface area contributed by atoms with Gasteiger partial charge >= 0.3 is 0 Å². The molecular formula is C8H12N2S2. The molecule has 0 rings (SSSR count). The van der Waals surface area contributed by atoms with E-state index in [1.54, 1.807) is 12.2 Å². The largest absolute Gasteiger partial charge is 0.388 e. The summed E-state index contributed by atoms with van der Waals surface area (Å²) in [6, 6.07) is 0. The summed E-state index contributed by atoms with van der Waals surface area (Å²) in [5, 5.41) is 0. The van der Waals surface area contributed by atoms with Gasteiger partial charge in [-0.25, -0.2) is 0 Å². The van der Waals surface area contributed by atoms with Crippen molar-refractivity contribution in [2.75, 3.05) is 13.1 Å². The maximum absolute atomic E-state index is 5.38. The normalized spacial score (nSPS) is 8.67. The van der Waals surface area contributed by atoms with Crippen LogP contribution in [-0.4, -0.2) is 28.0 Å². The minimum Gasteiger partial charge on any atom is -0.388 e. The molecule has 0 amide bonds. The van der Waals surface area contributed by atoms with Gasteiger partial charge in [0.2, 0.25) is 0 Å². The standard InChI is InChI=1S/C8H12N2S2/c1-3-5-10(6-4-2)8(12)7(9)11/h3-4H,1-2,5-6H2,(H2,9,11). The van der Waals surface area contributed by atoms with E-state index in [1.807, 2.05) is 4.90 Å². The van der Waals surface area contributed by atoms with Gasteiger partial charge in [-0.15, -0.1) is 13.2 Å². The molecule has 66 valence electrons. The van der Waals surface area contributed by atoms with E-state index in [1.165, 1.54) is 0 Å².